The van der Waals surface area contributed by atoms with Gasteiger partial charge in [0.2, 0.25) is 15.9 Å². The number of sulfonamides is 1. The van der Waals surface area contributed by atoms with Crippen LogP contribution in [-0.4, -0.2) is 60.4 Å². The van der Waals surface area contributed by atoms with Crippen molar-refractivity contribution in [2.75, 3.05) is 32.5 Å². The van der Waals surface area contributed by atoms with Crippen molar-refractivity contribution in [2.45, 2.75) is 44.0 Å². The molecule has 0 atom stereocenters. The zero-order chi connectivity index (χ0) is 25.4. The lowest BCUT2D eigenvalue weighted by Crippen LogP contribution is -2.29. The molecule has 1 aromatic carbocycles. The molecule has 0 radical (unpaired) electrons. The number of nitrogens with one attached hydrogen (secondary N) is 2. The van der Waals surface area contributed by atoms with E-state index in [4.69, 9.17) is 5.26 Å². The van der Waals surface area contributed by atoms with Crippen LogP contribution >= 0.6 is 0 Å². The summed E-state index contributed by atoms with van der Waals surface area (Å²) in [5.41, 5.74) is 1.91. The summed E-state index contributed by atoms with van der Waals surface area (Å²) < 4.78 is 28.3. The molecule has 186 valence electrons. The molecule has 2 aromatic heterocycles. The lowest BCUT2D eigenvalue weighted by Gasteiger charge is -2.11. The number of pyridine rings is 1. The summed E-state index contributed by atoms with van der Waals surface area (Å²) in [4.78, 5) is 21.4. The molecular formula is C24H31N7O3S. The maximum atomic E-state index is 12.5. The Bertz CT molecular complexity index is 1330. The summed E-state index contributed by atoms with van der Waals surface area (Å²) in [6, 6.07) is 10.4. The second-order valence-electron chi connectivity index (χ2n) is 8.26. The molecule has 0 unspecified atom stereocenters. The van der Waals surface area contributed by atoms with Crippen molar-refractivity contribution in [3.8, 4) is 6.07 Å². The number of hydrogen-bond donors (Lipinski definition) is 2. The van der Waals surface area contributed by atoms with E-state index in [0.29, 0.717) is 36.4 Å². The predicted octanol–water partition coefficient (Wildman–Crippen LogP) is 2.51. The van der Waals surface area contributed by atoms with Crippen molar-refractivity contribution in [1.82, 2.24) is 24.2 Å². The highest BCUT2D eigenvalue weighted by Gasteiger charge is 2.20. The number of carbonyl (C=O) groups excluding carboxylic acids is 1. The zero-order valence-electron chi connectivity index (χ0n) is 20.3. The van der Waals surface area contributed by atoms with Gasteiger partial charge < -0.3 is 15.2 Å². The molecule has 3 rings (SSSR count). The average Bonchev–Trinajstić information content (AvgIpc) is 3.20. The molecule has 10 nitrogen and oxygen atoms in total. The number of amides is 1. The van der Waals surface area contributed by atoms with Gasteiger partial charge in [0.15, 0.2) is 0 Å². The quantitative estimate of drug-likeness (QED) is 0.367. The lowest BCUT2D eigenvalue weighted by atomic mass is 10.2. The van der Waals surface area contributed by atoms with Crippen molar-refractivity contribution < 1.29 is 13.2 Å². The number of anilines is 1. The van der Waals surface area contributed by atoms with E-state index in [1.54, 1.807) is 36.5 Å². The highest BCUT2D eigenvalue weighted by Crippen LogP contribution is 2.23. The second kappa shape index (κ2) is 11.8. The number of unbranched alkanes of at least 4 members (excludes halogenated alkanes) is 1. The molecule has 0 bridgehead atoms. The van der Waals surface area contributed by atoms with E-state index in [0.717, 1.165) is 30.7 Å². The van der Waals surface area contributed by atoms with Crippen molar-refractivity contribution in [3.05, 3.63) is 47.9 Å². The van der Waals surface area contributed by atoms with Crippen LogP contribution in [0.3, 0.4) is 0 Å². The van der Waals surface area contributed by atoms with Gasteiger partial charge in [0.1, 0.15) is 17.7 Å². The first-order valence-electron chi connectivity index (χ1n) is 11.5. The van der Waals surface area contributed by atoms with Crippen LogP contribution in [-0.2, 0) is 27.8 Å². The van der Waals surface area contributed by atoms with E-state index in [9.17, 15) is 13.2 Å². The van der Waals surface area contributed by atoms with Gasteiger partial charge in [-0.3, -0.25) is 4.79 Å². The Hall–Kier alpha value is -3.49. The Morgan fingerprint density at radius 1 is 1.23 bits per heavy atom. The van der Waals surface area contributed by atoms with Crippen LogP contribution in [0, 0.1) is 11.3 Å². The van der Waals surface area contributed by atoms with E-state index in [2.05, 4.69) is 38.2 Å². The third-order valence-electron chi connectivity index (χ3n) is 5.56. The number of fused-ring (bicyclic) bond motifs is 1. The molecule has 2 heterocycles. The number of rotatable bonds is 12. The number of hydrogen-bond acceptors (Lipinski definition) is 7. The van der Waals surface area contributed by atoms with E-state index >= 15 is 0 Å². The second-order valence-corrected chi connectivity index (χ2v) is 10.4. The zero-order valence-corrected chi connectivity index (χ0v) is 21.1. The third kappa shape index (κ3) is 6.35. The number of imidazole rings is 1. The molecule has 0 aliphatic carbocycles. The van der Waals surface area contributed by atoms with Crippen LogP contribution in [0.25, 0.3) is 11.0 Å². The van der Waals surface area contributed by atoms with Crippen molar-refractivity contribution in [2.24, 2.45) is 0 Å². The summed E-state index contributed by atoms with van der Waals surface area (Å²) in [6.07, 6.45) is 4.25. The molecule has 2 N–H and O–H groups in total. The van der Waals surface area contributed by atoms with Gasteiger partial charge in [-0.05, 0) is 36.8 Å². The number of aryl methyl sites for hydroxylation is 2. The fourth-order valence-electron chi connectivity index (χ4n) is 3.62. The van der Waals surface area contributed by atoms with Crippen LogP contribution < -0.4 is 10.6 Å². The third-order valence-corrected chi connectivity index (χ3v) is 7.37. The Morgan fingerprint density at radius 3 is 2.74 bits per heavy atom. The summed E-state index contributed by atoms with van der Waals surface area (Å²) in [5, 5.41) is 15.0. The molecule has 1 amide bonds. The van der Waals surface area contributed by atoms with Crippen LogP contribution in [0.1, 0.15) is 37.6 Å². The molecule has 3 aromatic rings. The van der Waals surface area contributed by atoms with Crippen LogP contribution in [0.4, 0.5) is 5.82 Å². The van der Waals surface area contributed by atoms with Crippen LogP contribution in [0.5, 0.6) is 0 Å². The van der Waals surface area contributed by atoms with Crippen LogP contribution in [0.15, 0.2) is 41.4 Å². The molecule has 0 fully saturated rings. The highest BCUT2D eigenvalue weighted by molar-refractivity contribution is 7.89. The van der Waals surface area contributed by atoms with Crippen molar-refractivity contribution >= 4 is 32.8 Å². The van der Waals surface area contributed by atoms with E-state index in [-0.39, 0.29) is 17.2 Å². The number of benzene rings is 1. The first-order chi connectivity index (χ1) is 16.8. The fraction of sp³-hybridized carbons (Fsp3) is 0.417. The number of aromatic nitrogens is 3. The molecule has 0 saturated carbocycles. The largest absolute Gasteiger partial charge is 0.367 e. The molecule has 0 spiro atoms. The summed E-state index contributed by atoms with van der Waals surface area (Å²) in [7, 11) is -0.565. The van der Waals surface area contributed by atoms with Crippen molar-refractivity contribution in [3.63, 3.8) is 0 Å². The van der Waals surface area contributed by atoms with Gasteiger partial charge in [0.25, 0.3) is 0 Å². The van der Waals surface area contributed by atoms with Gasteiger partial charge in [0, 0.05) is 52.8 Å². The van der Waals surface area contributed by atoms with E-state index < -0.39 is 10.0 Å². The molecule has 0 aliphatic rings. The van der Waals surface area contributed by atoms with E-state index in [1.165, 1.54) is 18.4 Å². The minimum atomic E-state index is -3.56. The van der Waals surface area contributed by atoms with Gasteiger partial charge in [0.05, 0.1) is 21.5 Å². The first kappa shape index (κ1) is 26.1. The van der Waals surface area contributed by atoms with E-state index in [1.807, 2.05) is 0 Å². The minimum absolute atomic E-state index is 0.113. The normalized spacial score (nSPS) is 11.5. The molecule has 0 aliphatic heterocycles. The van der Waals surface area contributed by atoms with Gasteiger partial charge in [-0.25, -0.2) is 22.7 Å². The molecular weight excluding hydrogens is 466 g/mol. The number of nitrogens with zero attached hydrogens (tertiary/aromatic N) is 5. The lowest BCUT2D eigenvalue weighted by molar-refractivity contribution is -0.121. The highest BCUT2D eigenvalue weighted by atomic mass is 32.2. The van der Waals surface area contributed by atoms with Gasteiger partial charge >= 0.3 is 0 Å². The summed E-state index contributed by atoms with van der Waals surface area (Å²) in [6.45, 7) is 3.68. The topological polar surface area (TPSA) is 133 Å². The van der Waals surface area contributed by atoms with Crippen molar-refractivity contribution in [1.29, 1.82) is 5.26 Å². The fourth-order valence-corrected chi connectivity index (χ4v) is 4.54. The first-order valence-corrected chi connectivity index (χ1v) is 13.0. The summed E-state index contributed by atoms with van der Waals surface area (Å²) >= 11 is 0. The molecule has 11 heteroatoms. The number of nitriles is 1. The SMILES string of the molecule is CCCCn1c(CCC(=O)NCCNc2ncccc2C#N)nc2cc(S(=O)(=O)N(C)C)ccc21. The van der Waals surface area contributed by atoms with Crippen LogP contribution in [0.2, 0.25) is 0 Å². The molecule has 0 saturated heterocycles. The smallest absolute Gasteiger partial charge is 0.242 e. The summed E-state index contributed by atoms with van der Waals surface area (Å²) in [5.74, 6) is 1.14. The average molecular weight is 498 g/mol. The van der Waals surface area contributed by atoms with Gasteiger partial charge in [-0.15, -0.1) is 0 Å². The van der Waals surface area contributed by atoms with Gasteiger partial charge in [-0.2, -0.15) is 5.26 Å². The Balaban J connectivity index is 1.64. The minimum Gasteiger partial charge on any atom is -0.367 e. The predicted molar refractivity (Wildman–Crippen MR) is 134 cm³/mol. The standard InChI is InChI=1S/C24H31N7O3S/c1-4-5-15-31-21-9-8-19(35(33,34)30(2)3)16-20(21)29-22(31)10-11-23(32)26-13-14-28-24-18(17-25)7-6-12-27-24/h6-9,12,16H,4-5,10-11,13-15H2,1-3H3,(H,26,32)(H,27,28). The monoisotopic (exact) mass is 497 g/mol. The maximum Gasteiger partial charge on any atom is 0.242 e. The Labute approximate surface area is 206 Å². The Kier molecular flexibility index (Phi) is 8.78. The Morgan fingerprint density at radius 2 is 2.03 bits per heavy atom. The van der Waals surface area contributed by atoms with Gasteiger partial charge in [-0.1, -0.05) is 13.3 Å². The molecule has 35 heavy (non-hydrogen) atoms. The number of carbonyl (C=O) groups is 1. The maximum absolute atomic E-state index is 12.5.